The second-order valence-electron chi connectivity index (χ2n) is 7.75. The molecule has 0 bridgehead atoms. The number of anilines is 2. The molecular formula is C25H25FN6O4S. The number of esters is 1. The molecule has 0 fully saturated rings. The van der Waals surface area contributed by atoms with E-state index in [9.17, 15) is 17.6 Å². The minimum Gasteiger partial charge on any atom is -0.465 e. The lowest BCUT2D eigenvalue weighted by Crippen LogP contribution is -2.29. The fraction of sp³-hybridized carbons (Fsp3) is 0.160. The van der Waals surface area contributed by atoms with E-state index >= 15 is 0 Å². The molecule has 0 spiro atoms. The van der Waals surface area contributed by atoms with Crippen LogP contribution < -0.4 is 9.62 Å². The van der Waals surface area contributed by atoms with Gasteiger partial charge in [-0.2, -0.15) is 0 Å². The van der Waals surface area contributed by atoms with Gasteiger partial charge < -0.3 is 9.64 Å². The van der Waals surface area contributed by atoms with Gasteiger partial charge in [0.25, 0.3) is 0 Å². The number of hydrogen-bond acceptors (Lipinski definition) is 8. The first-order chi connectivity index (χ1) is 17.6. The van der Waals surface area contributed by atoms with Crippen LogP contribution in [0.1, 0.15) is 22.8 Å². The molecule has 0 atom stereocenters. The molecule has 0 saturated heterocycles. The van der Waals surface area contributed by atoms with E-state index in [4.69, 9.17) is 0 Å². The van der Waals surface area contributed by atoms with Crippen molar-refractivity contribution < 1.29 is 22.3 Å². The van der Waals surface area contributed by atoms with Gasteiger partial charge in [0.1, 0.15) is 23.3 Å². The monoisotopic (exact) mass is 524 g/mol. The van der Waals surface area contributed by atoms with Gasteiger partial charge in [0.05, 0.1) is 25.5 Å². The number of benzene rings is 1. The minimum absolute atomic E-state index is 0.0473. The van der Waals surface area contributed by atoms with Gasteiger partial charge in [-0.15, -0.1) is 0 Å². The van der Waals surface area contributed by atoms with Gasteiger partial charge in [-0.25, -0.2) is 32.6 Å². The molecule has 0 radical (unpaired) electrons. The SMILES string of the molecule is C=N/C=C\N=C(C)N(Cc1ccc(C(=O)OC)cc1F)c1cc(-c2ccnc(NS(C)(=O)=O)c2)ccn1. The average Bonchev–Trinajstić information content (AvgIpc) is 2.86. The molecule has 2 heterocycles. The number of hydrogen-bond donors (Lipinski definition) is 1. The molecule has 0 aliphatic carbocycles. The summed E-state index contributed by atoms with van der Waals surface area (Å²) in [5.74, 6) is -0.133. The molecule has 37 heavy (non-hydrogen) atoms. The lowest BCUT2D eigenvalue weighted by molar-refractivity contribution is 0.0600. The van der Waals surface area contributed by atoms with Crippen molar-refractivity contribution >= 4 is 40.2 Å². The van der Waals surface area contributed by atoms with Crippen molar-refractivity contribution in [3.8, 4) is 11.1 Å². The molecule has 192 valence electrons. The number of halogens is 1. The maximum Gasteiger partial charge on any atom is 0.337 e. The molecule has 1 aromatic carbocycles. The van der Waals surface area contributed by atoms with Crippen molar-refractivity contribution in [1.82, 2.24) is 9.97 Å². The minimum atomic E-state index is -3.50. The Morgan fingerprint density at radius 1 is 1.14 bits per heavy atom. The van der Waals surface area contributed by atoms with Crippen molar-refractivity contribution in [3.63, 3.8) is 0 Å². The zero-order valence-corrected chi connectivity index (χ0v) is 21.2. The summed E-state index contributed by atoms with van der Waals surface area (Å²) in [5.41, 5.74) is 1.79. The van der Waals surface area contributed by atoms with Gasteiger partial charge in [-0.3, -0.25) is 9.71 Å². The molecule has 10 nitrogen and oxygen atoms in total. The number of rotatable bonds is 9. The smallest absolute Gasteiger partial charge is 0.337 e. The highest BCUT2D eigenvalue weighted by molar-refractivity contribution is 7.92. The predicted molar refractivity (Wildman–Crippen MR) is 142 cm³/mol. The molecule has 3 aromatic rings. The van der Waals surface area contributed by atoms with Crippen molar-refractivity contribution in [3.05, 3.63) is 84.2 Å². The third-order valence-electron chi connectivity index (χ3n) is 5.03. The zero-order valence-electron chi connectivity index (χ0n) is 20.4. The predicted octanol–water partition coefficient (Wildman–Crippen LogP) is 4.04. The molecule has 0 unspecified atom stereocenters. The fourth-order valence-corrected chi connectivity index (χ4v) is 3.80. The number of pyridine rings is 2. The first-order valence-electron chi connectivity index (χ1n) is 10.8. The maximum absolute atomic E-state index is 14.9. The van der Waals surface area contributed by atoms with Gasteiger partial charge in [0, 0.05) is 30.4 Å². The summed E-state index contributed by atoms with van der Waals surface area (Å²) in [7, 11) is -2.28. The van der Waals surface area contributed by atoms with E-state index in [1.165, 1.54) is 37.8 Å². The normalized spacial score (nSPS) is 11.8. The van der Waals surface area contributed by atoms with E-state index in [1.54, 1.807) is 42.3 Å². The number of aliphatic imine (C=N–C) groups is 2. The molecule has 0 aliphatic heterocycles. The van der Waals surface area contributed by atoms with E-state index in [0.717, 1.165) is 12.3 Å². The van der Waals surface area contributed by atoms with Crippen LogP contribution in [0.5, 0.6) is 0 Å². The van der Waals surface area contributed by atoms with Gasteiger partial charge in [0.15, 0.2) is 0 Å². The summed E-state index contributed by atoms with van der Waals surface area (Å²) in [6.45, 7) is 5.15. The number of aromatic nitrogens is 2. The number of amidine groups is 1. The van der Waals surface area contributed by atoms with Gasteiger partial charge >= 0.3 is 5.97 Å². The number of carbonyl (C=O) groups excluding carboxylic acids is 1. The average molecular weight is 525 g/mol. The first kappa shape index (κ1) is 27.1. The topological polar surface area (TPSA) is 126 Å². The Balaban J connectivity index is 2.02. The third-order valence-corrected chi connectivity index (χ3v) is 5.61. The molecular weight excluding hydrogens is 499 g/mol. The Kier molecular flexibility index (Phi) is 8.80. The highest BCUT2D eigenvalue weighted by Gasteiger charge is 2.17. The Labute approximate surface area is 214 Å². The first-order valence-corrected chi connectivity index (χ1v) is 12.7. The molecule has 3 rings (SSSR count). The summed E-state index contributed by atoms with van der Waals surface area (Å²) in [6.07, 6.45) is 6.96. The number of nitrogens with one attached hydrogen (secondary N) is 1. The molecule has 12 heteroatoms. The van der Waals surface area contributed by atoms with Crippen LogP contribution in [0.25, 0.3) is 11.1 Å². The number of sulfonamides is 1. The van der Waals surface area contributed by atoms with Crippen molar-refractivity contribution in [2.24, 2.45) is 9.98 Å². The largest absolute Gasteiger partial charge is 0.465 e. The van der Waals surface area contributed by atoms with Crippen molar-refractivity contribution in [2.45, 2.75) is 13.5 Å². The Morgan fingerprint density at radius 3 is 2.49 bits per heavy atom. The Bertz CT molecular complexity index is 1470. The third kappa shape index (κ3) is 7.51. The standard InChI is InChI=1S/C25H25FN6O4S/c1-17(28-12-11-27-2)32(16-21-6-5-20(13-22(21)26)25(33)36-3)24-15-19(8-10-30-24)18-7-9-29-23(14-18)31-37(4,34)35/h5-15H,2,16H2,1,3-4H3,(H,29,31)/b12-11-,28-17?. The second-order valence-corrected chi connectivity index (χ2v) is 9.50. The Morgan fingerprint density at radius 2 is 1.84 bits per heavy atom. The number of ether oxygens (including phenoxy) is 1. The lowest BCUT2D eigenvalue weighted by Gasteiger charge is -2.24. The van der Waals surface area contributed by atoms with Gasteiger partial charge in [0.2, 0.25) is 10.0 Å². The van der Waals surface area contributed by atoms with E-state index in [-0.39, 0.29) is 17.9 Å². The van der Waals surface area contributed by atoms with Crippen LogP contribution in [0.2, 0.25) is 0 Å². The number of carbonyl (C=O) groups is 1. The van der Waals surface area contributed by atoms with Crippen LogP contribution in [0, 0.1) is 5.82 Å². The summed E-state index contributed by atoms with van der Waals surface area (Å²) in [4.78, 5) is 29.9. The van der Waals surface area contributed by atoms with Crippen LogP contribution in [0.15, 0.2) is 77.2 Å². The van der Waals surface area contributed by atoms with E-state index in [1.807, 2.05) is 0 Å². The van der Waals surface area contributed by atoms with Crippen LogP contribution in [0.3, 0.4) is 0 Å². The highest BCUT2D eigenvalue weighted by atomic mass is 32.2. The maximum atomic E-state index is 14.9. The fourth-order valence-electron chi connectivity index (χ4n) is 3.31. The summed E-state index contributed by atoms with van der Waals surface area (Å²) >= 11 is 0. The number of methoxy groups -OCH3 is 1. The summed E-state index contributed by atoms with van der Waals surface area (Å²) in [6, 6.07) is 10.9. The molecule has 0 saturated carbocycles. The summed E-state index contributed by atoms with van der Waals surface area (Å²) in [5, 5.41) is 0. The number of nitrogens with zero attached hydrogens (tertiary/aromatic N) is 5. The molecule has 1 N–H and O–H groups in total. The van der Waals surface area contributed by atoms with Crippen LogP contribution in [-0.4, -0.2) is 50.3 Å². The molecule has 2 aromatic heterocycles. The molecule has 0 amide bonds. The second kappa shape index (κ2) is 12.0. The van der Waals surface area contributed by atoms with E-state index in [2.05, 4.69) is 36.1 Å². The van der Waals surface area contributed by atoms with E-state index in [0.29, 0.717) is 28.3 Å². The van der Waals surface area contributed by atoms with Gasteiger partial charge in [-0.05, 0) is 61.2 Å². The lowest BCUT2D eigenvalue weighted by atomic mass is 10.1. The van der Waals surface area contributed by atoms with Crippen molar-refractivity contribution in [1.29, 1.82) is 0 Å². The van der Waals surface area contributed by atoms with Crippen molar-refractivity contribution in [2.75, 3.05) is 23.0 Å². The summed E-state index contributed by atoms with van der Waals surface area (Å²) < 4.78 is 45.1. The Hall–Kier alpha value is -4.45. The quantitative estimate of drug-likeness (QED) is 0.254. The molecule has 0 aliphatic rings. The van der Waals surface area contributed by atoms with Gasteiger partial charge in [-0.1, -0.05) is 6.07 Å². The zero-order chi connectivity index (χ0) is 27.0. The van der Waals surface area contributed by atoms with Crippen LogP contribution >= 0.6 is 0 Å². The van der Waals surface area contributed by atoms with Crippen LogP contribution in [0.4, 0.5) is 16.0 Å². The highest BCUT2D eigenvalue weighted by Crippen LogP contribution is 2.26. The van der Waals surface area contributed by atoms with E-state index < -0.39 is 21.8 Å². The van der Waals surface area contributed by atoms with Crippen LogP contribution in [-0.2, 0) is 21.3 Å².